The molecule has 0 bridgehead atoms. The number of hydrogen-bond acceptors (Lipinski definition) is 5. The molecule has 0 unspecified atom stereocenters. The van der Waals surface area contributed by atoms with Crippen LogP contribution in [0.2, 0.25) is 0 Å². The van der Waals surface area contributed by atoms with Crippen LogP contribution >= 0.6 is 0 Å². The van der Waals surface area contributed by atoms with Gasteiger partial charge >= 0.3 is 6.03 Å². The van der Waals surface area contributed by atoms with Gasteiger partial charge in [0.15, 0.2) is 7.98 Å². The Morgan fingerprint density at radius 1 is 1.12 bits per heavy atom. The van der Waals surface area contributed by atoms with E-state index in [4.69, 9.17) is 17.5 Å². The minimum Gasteiger partial charge on any atom is -0.497 e. The standard InChI is InChI=1S/C16H20BN3O4/c1-23-12-7-11(8-13(9-12)24-2)10-20-14(21)16(18-15(20)22)3-5-19(17)6-4-16/h7-9H,3-6,10H2,1-2H3,(H,18,22). The predicted octanol–water partition coefficient (Wildman–Crippen LogP) is 0.674. The quantitative estimate of drug-likeness (QED) is 0.650. The van der Waals surface area contributed by atoms with Crippen molar-refractivity contribution in [2.45, 2.75) is 24.9 Å². The molecule has 1 aromatic carbocycles. The first-order chi connectivity index (χ1) is 11.5. The van der Waals surface area contributed by atoms with Gasteiger partial charge in [0.25, 0.3) is 5.91 Å². The van der Waals surface area contributed by atoms with Crippen molar-refractivity contribution in [2.24, 2.45) is 0 Å². The van der Waals surface area contributed by atoms with Crippen LogP contribution in [-0.2, 0) is 11.3 Å². The number of ether oxygens (including phenoxy) is 2. The Morgan fingerprint density at radius 2 is 1.71 bits per heavy atom. The van der Waals surface area contributed by atoms with Crippen molar-refractivity contribution in [3.63, 3.8) is 0 Å². The van der Waals surface area contributed by atoms with Gasteiger partial charge in [-0.1, -0.05) is 0 Å². The monoisotopic (exact) mass is 329 g/mol. The summed E-state index contributed by atoms with van der Waals surface area (Å²) in [4.78, 5) is 28.1. The van der Waals surface area contributed by atoms with Gasteiger partial charge in [0.2, 0.25) is 0 Å². The summed E-state index contributed by atoms with van der Waals surface area (Å²) in [5.74, 6) is 1.03. The highest BCUT2D eigenvalue weighted by atomic mass is 16.5. The number of carbonyl (C=O) groups is 2. The summed E-state index contributed by atoms with van der Waals surface area (Å²) >= 11 is 0. The highest BCUT2D eigenvalue weighted by molar-refractivity contribution is 6.08. The minimum absolute atomic E-state index is 0.173. The highest BCUT2D eigenvalue weighted by Gasteiger charge is 2.51. The number of amides is 3. The Kier molecular flexibility index (Phi) is 4.40. The maximum Gasteiger partial charge on any atom is 0.325 e. The van der Waals surface area contributed by atoms with Crippen molar-refractivity contribution >= 4 is 19.9 Å². The molecule has 2 aliphatic heterocycles. The number of methoxy groups -OCH3 is 2. The molecule has 0 aliphatic carbocycles. The van der Waals surface area contributed by atoms with Crippen LogP contribution in [0.4, 0.5) is 4.79 Å². The summed E-state index contributed by atoms with van der Waals surface area (Å²) in [7, 11) is 8.87. The smallest absolute Gasteiger partial charge is 0.325 e. The van der Waals surface area contributed by atoms with Gasteiger partial charge in [-0.3, -0.25) is 9.69 Å². The van der Waals surface area contributed by atoms with Gasteiger partial charge in [0.05, 0.1) is 20.8 Å². The van der Waals surface area contributed by atoms with E-state index in [2.05, 4.69) is 5.32 Å². The van der Waals surface area contributed by atoms with E-state index in [1.807, 2.05) is 0 Å². The fraction of sp³-hybridized carbons (Fsp3) is 0.500. The third-order valence-electron chi connectivity index (χ3n) is 4.65. The molecule has 2 heterocycles. The third-order valence-corrected chi connectivity index (χ3v) is 4.65. The molecule has 0 atom stereocenters. The van der Waals surface area contributed by atoms with Crippen molar-refractivity contribution in [2.75, 3.05) is 27.3 Å². The van der Waals surface area contributed by atoms with Crippen molar-refractivity contribution in [3.05, 3.63) is 23.8 Å². The van der Waals surface area contributed by atoms with E-state index < -0.39 is 5.54 Å². The van der Waals surface area contributed by atoms with Gasteiger partial charge in [-0.05, 0) is 43.6 Å². The van der Waals surface area contributed by atoms with Crippen LogP contribution in [0.3, 0.4) is 0 Å². The van der Waals surface area contributed by atoms with Crippen LogP contribution in [0, 0.1) is 0 Å². The van der Waals surface area contributed by atoms with Crippen molar-refractivity contribution in [1.82, 2.24) is 15.0 Å². The van der Waals surface area contributed by atoms with Crippen LogP contribution in [0.5, 0.6) is 11.5 Å². The molecule has 2 aliphatic rings. The number of nitrogens with one attached hydrogen (secondary N) is 1. The van der Waals surface area contributed by atoms with Gasteiger partial charge in [-0.2, -0.15) is 0 Å². The molecular formula is C16H20BN3O4. The molecule has 1 N–H and O–H groups in total. The molecule has 7 nitrogen and oxygen atoms in total. The molecule has 3 amide bonds. The number of hydrogen-bond donors (Lipinski definition) is 1. The number of nitrogens with zero attached hydrogens (tertiary/aromatic N) is 2. The zero-order chi connectivity index (χ0) is 17.3. The molecule has 2 radical (unpaired) electrons. The summed E-state index contributed by atoms with van der Waals surface area (Å²) in [5.41, 5.74) is -0.0568. The second kappa shape index (κ2) is 6.35. The van der Waals surface area contributed by atoms with E-state index in [1.54, 1.807) is 37.2 Å². The first kappa shape index (κ1) is 16.6. The molecule has 0 aromatic heterocycles. The SMILES string of the molecule is [B]N1CCC2(CC1)NC(=O)N(Cc1cc(OC)cc(OC)c1)C2=O. The lowest BCUT2D eigenvalue weighted by atomic mass is 9.86. The van der Waals surface area contributed by atoms with E-state index in [-0.39, 0.29) is 18.5 Å². The Labute approximate surface area is 142 Å². The number of imide groups is 1. The molecule has 2 saturated heterocycles. The Balaban J connectivity index is 1.80. The molecule has 1 spiro atoms. The van der Waals surface area contributed by atoms with Crippen LogP contribution < -0.4 is 14.8 Å². The number of benzene rings is 1. The molecule has 3 rings (SSSR count). The second-order valence-corrected chi connectivity index (χ2v) is 6.16. The molecule has 126 valence electrons. The molecule has 8 heteroatoms. The number of urea groups is 1. The van der Waals surface area contributed by atoms with E-state index in [1.165, 1.54) is 4.90 Å². The van der Waals surface area contributed by atoms with Crippen LogP contribution in [0.15, 0.2) is 18.2 Å². The Morgan fingerprint density at radius 3 is 2.25 bits per heavy atom. The number of carbonyl (C=O) groups excluding carboxylic acids is 2. The minimum atomic E-state index is -0.824. The first-order valence-corrected chi connectivity index (χ1v) is 7.83. The predicted molar refractivity (Wildman–Crippen MR) is 87.9 cm³/mol. The van der Waals surface area contributed by atoms with Gasteiger partial charge in [-0.25, -0.2) is 4.79 Å². The fourth-order valence-corrected chi connectivity index (χ4v) is 3.20. The topological polar surface area (TPSA) is 71.1 Å². The molecule has 2 fully saturated rings. The summed E-state index contributed by atoms with van der Waals surface area (Å²) < 4.78 is 10.5. The Bertz CT molecular complexity index is 636. The normalized spacial score (nSPS) is 20.3. The average molecular weight is 329 g/mol. The maximum atomic E-state index is 12.8. The highest BCUT2D eigenvalue weighted by Crippen LogP contribution is 2.31. The van der Waals surface area contributed by atoms with Crippen LogP contribution in [0.1, 0.15) is 18.4 Å². The molecule has 0 saturated carbocycles. The van der Waals surface area contributed by atoms with E-state index >= 15 is 0 Å². The molecular weight excluding hydrogens is 309 g/mol. The maximum absolute atomic E-state index is 12.8. The number of rotatable bonds is 4. The van der Waals surface area contributed by atoms with E-state index in [9.17, 15) is 9.59 Å². The number of piperidine rings is 1. The summed E-state index contributed by atoms with van der Waals surface area (Å²) in [5, 5.41) is 2.86. The average Bonchev–Trinajstić information content (AvgIpc) is 2.81. The van der Waals surface area contributed by atoms with Crippen LogP contribution in [-0.4, -0.2) is 62.5 Å². The zero-order valence-electron chi connectivity index (χ0n) is 13.9. The summed E-state index contributed by atoms with van der Waals surface area (Å²) in [6.45, 7) is 1.33. The lowest BCUT2D eigenvalue weighted by Gasteiger charge is -2.35. The zero-order valence-corrected chi connectivity index (χ0v) is 13.9. The van der Waals surface area contributed by atoms with Gasteiger partial charge in [0.1, 0.15) is 17.0 Å². The lowest BCUT2D eigenvalue weighted by Crippen LogP contribution is -2.54. The van der Waals surface area contributed by atoms with Crippen molar-refractivity contribution in [3.8, 4) is 11.5 Å². The van der Waals surface area contributed by atoms with E-state index in [0.29, 0.717) is 37.4 Å². The summed E-state index contributed by atoms with van der Waals surface area (Å²) in [6.07, 6.45) is 1.04. The lowest BCUT2D eigenvalue weighted by molar-refractivity contribution is -0.133. The fourth-order valence-electron chi connectivity index (χ4n) is 3.20. The second-order valence-electron chi connectivity index (χ2n) is 6.16. The molecule has 1 aromatic rings. The summed E-state index contributed by atoms with van der Waals surface area (Å²) in [6, 6.07) is 4.95. The van der Waals surface area contributed by atoms with Gasteiger partial charge in [0, 0.05) is 6.07 Å². The third kappa shape index (κ3) is 2.93. The van der Waals surface area contributed by atoms with Crippen molar-refractivity contribution in [1.29, 1.82) is 0 Å². The van der Waals surface area contributed by atoms with E-state index in [0.717, 1.165) is 5.56 Å². The van der Waals surface area contributed by atoms with Gasteiger partial charge in [-0.15, -0.1) is 0 Å². The molecule has 24 heavy (non-hydrogen) atoms. The van der Waals surface area contributed by atoms with Gasteiger partial charge < -0.3 is 19.6 Å². The largest absolute Gasteiger partial charge is 0.497 e. The Hall–Kier alpha value is -2.22. The van der Waals surface area contributed by atoms with Crippen LogP contribution in [0.25, 0.3) is 0 Å². The van der Waals surface area contributed by atoms with Crippen molar-refractivity contribution < 1.29 is 19.1 Å². The first-order valence-electron chi connectivity index (χ1n) is 7.83.